The number of nitrogens with one attached hydrogen (secondary N) is 1. The number of imide groups is 1. The summed E-state index contributed by atoms with van der Waals surface area (Å²) in [5, 5.41) is 3.46. The zero-order valence-electron chi connectivity index (χ0n) is 18.2. The molecule has 1 heterocycles. The Morgan fingerprint density at radius 1 is 0.939 bits per heavy atom. The summed E-state index contributed by atoms with van der Waals surface area (Å²) in [5.74, 6) is -1.07. The summed E-state index contributed by atoms with van der Waals surface area (Å²) >= 11 is 6.14. The number of amides is 2. The van der Waals surface area contributed by atoms with Crippen molar-refractivity contribution in [1.82, 2.24) is 0 Å². The quantitative estimate of drug-likeness (QED) is 0.522. The number of methoxy groups -OCH3 is 1. The third-order valence-electron chi connectivity index (χ3n) is 5.26. The zero-order chi connectivity index (χ0) is 23.7. The molecule has 1 N–H and O–H groups in total. The monoisotopic (exact) mass is 465 g/mol. The van der Waals surface area contributed by atoms with Gasteiger partial charge in [0.25, 0.3) is 11.8 Å². The second-order valence-corrected chi connectivity index (χ2v) is 8.02. The van der Waals surface area contributed by atoms with E-state index in [2.05, 4.69) is 5.32 Å². The molecule has 0 bridgehead atoms. The van der Waals surface area contributed by atoms with Gasteiger partial charge >= 0.3 is 0 Å². The van der Waals surface area contributed by atoms with E-state index in [9.17, 15) is 14.0 Å². The van der Waals surface area contributed by atoms with E-state index >= 15 is 0 Å². The fraction of sp³-hybridized carbons (Fsp3) is 0.120. The van der Waals surface area contributed by atoms with Crippen LogP contribution < -0.4 is 19.9 Å². The predicted molar refractivity (Wildman–Crippen MR) is 128 cm³/mol. The van der Waals surface area contributed by atoms with Gasteiger partial charge in [0, 0.05) is 24.8 Å². The summed E-state index contributed by atoms with van der Waals surface area (Å²) in [4.78, 5) is 30.0. The predicted octanol–water partition coefficient (Wildman–Crippen LogP) is 4.95. The Labute approximate surface area is 195 Å². The fourth-order valence-electron chi connectivity index (χ4n) is 3.58. The number of halogens is 2. The normalized spacial score (nSPS) is 13.5. The van der Waals surface area contributed by atoms with Gasteiger partial charge in [-0.2, -0.15) is 0 Å². The van der Waals surface area contributed by atoms with E-state index in [1.165, 1.54) is 31.4 Å². The van der Waals surface area contributed by atoms with Crippen LogP contribution in [0.4, 0.5) is 21.5 Å². The lowest BCUT2D eigenvalue weighted by Crippen LogP contribution is -2.32. The lowest BCUT2D eigenvalue weighted by atomic mass is 10.0. The molecule has 0 unspecified atom stereocenters. The Hall–Kier alpha value is -3.84. The molecule has 3 aromatic rings. The largest absolute Gasteiger partial charge is 0.495 e. The van der Waals surface area contributed by atoms with E-state index in [0.717, 1.165) is 10.6 Å². The van der Waals surface area contributed by atoms with Crippen molar-refractivity contribution in [3.63, 3.8) is 0 Å². The van der Waals surface area contributed by atoms with Crippen LogP contribution in [0.5, 0.6) is 5.75 Å². The van der Waals surface area contributed by atoms with Gasteiger partial charge in [-0.05, 0) is 60.2 Å². The van der Waals surface area contributed by atoms with Gasteiger partial charge in [0.05, 0.1) is 24.1 Å². The van der Waals surface area contributed by atoms with Crippen LogP contribution in [0.2, 0.25) is 5.02 Å². The maximum absolute atomic E-state index is 13.6. The maximum Gasteiger partial charge on any atom is 0.282 e. The summed E-state index contributed by atoms with van der Waals surface area (Å²) in [6.07, 6.45) is 0. The molecule has 0 spiro atoms. The summed E-state index contributed by atoms with van der Waals surface area (Å²) in [6.45, 7) is 0. The van der Waals surface area contributed by atoms with Crippen LogP contribution in [0.1, 0.15) is 5.56 Å². The molecule has 0 atom stereocenters. The van der Waals surface area contributed by atoms with Crippen molar-refractivity contribution >= 4 is 46.1 Å². The Kier molecular flexibility index (Phi) is 6.07. The molecule has 3 aromatic carbocycles. The van der Waals surface area contributed by atoms with Crippen LogP contribution in [0.25, 0.3) is 5.57 Å². The summed E-state index contributed by atoms with van der Waals surface area (Å²) in [6, 6.07) is 17.4. The molecule has 0 aliphatic carbocycles. The fourth-order valence-corrected chi connectivity index (χ4v) is 3.75. The van der Waals surface area contributed by atoms with Crippen LogP contribution >= 0.6 is 11.6 Å². The van der Waals surface area contributed by atoms with Crippen LogP contribution in [0.3, 0.4) is 0 Å². The number of ether oxygens (including phenoxy) is 1. The van der Waals surface area contributed by atoms with Gasteiger partial charge in [0.1, 0.15) is 17.3 Å². The maximum atomic E-state index is 13.6. The highest BCUT2D eigenvalue weighted by Gasteiger charge is 2.40. The number of hydrogen-bond acceptors (Lipinski definition) is 5. The molecular weight excluding hydrogens is 445 g/mol. The second kappa shape index (κ2) is 8.96. The molecule has 0 saturated carbocycles. The lowest BCUT2D eigenvalue weighted by Gasteiger charge is -2.18. The zero-order valence-corrected chi connectivity index (χ0v) is 19.0. The van der Waals surface area contributed by atoms with E-state index in [4.69, 9.17) is 16.3 Å². The van der Waals surface area contributed by atoms with Gasteiger partial charge in [0.15, 0.2) is 0 Å². The Bertz CT molecular complexity index is 1250. The summed E-state index contributed by atoms with van der Waals surface area (Å²) < 4.78 is 18.9. The number of rotatable bonds is 6. The molecule has 8 heteroatoms. The second-order valence-electron chi connectivity index (χ2n) is 7.58. The van der Waals surface area contributed by atoms with Gasteiger partial charge in [0.2, 0.25) is 0 Å². The third kappa shape index (κ3) is 4.27. The van der Waals surface area contributed by atoms with E-state index in [0.29, 0.717) is 27.7 Å². The van der Waals surface area contributed by atoms with Crippen LogP contribution in [0.15, 0.2) is 72.4 Å². The van der Waals surface area contributed by atoms with Crippen molar-refractivity contribution in [2.45, 2.75) is 0 Å². The Balaban J connectivity index is 1.82. The molecule has 1 aliphatic heterocycles. The smallest absolute Gasteiger partial charge is 0.282 e. The molecule has 33 heavy (non-hydrogen) atoms. The number of hydrogen-bond donors (Lipinski definition) is 1. The molecule has 168 valence electrons. The van der Waals surface area contributed by atoms with E-state index in [1.807, 2.05) is 31.1 Å². The molecule has 6 nitrogen and oxygen atoms in total. The van der Waals surface area contributed by atoms with Crippen LogP contribution in [-0.2, 0) is 9.59 Å². The highest BCUT2D eigenvalue weighted by atomic mass is 35.5. The standard InChI is InChI=1S/C25H21ClFN3O3/c1-29(2)18-9-11-19(12-10-18)30-24(31)22(15-4-7-17(27)8-5-15)23(25(30)32)28-20-14-16(26)6-13-21(20)33-3/h4-14,28H,1-3H3. The van der Waals surface area contributed by atoms with Gasteiger partial charge in [-0.3, -0.25) is 9.59 Å². The van der Waals surface area contributed by atoms with Crippen LogP contribution in [0, 0.1) is 5.82 Å². The first-order chi connectivity index (χ1) is 15.8. The molecule has 1 aliphatic rings. The molecule has 2 amide bonds. The van der Waals surface area contributed by atoms with Crippen molar-refractivity contribution in [2.24, 2.45) is 0 Å². The first-order valence-electron chi connectivity index (χ1n) is 10.1. The van der Waals surface area contributed by atoms with E-state index < -0.39 is 17.6 Å². The molecule has 0 radical (unpaired) electrons. The Morgan fingerprint density at radius 3 is 2.21 bits per heavy atom. The summed E-state index contributed by atoms with van der Waals surface area (Å²) in [7, 11) is 5.29. The molecule has 0 saturated heterocycles. The van der Waals surface area contributed by atoms with Crippen molar-refractivity contribution in [1.29, 1.82) is 0 Å². The number of nitrogens with zero attached hydrogens (tertiary/aromatic N) is 2. The van der Waals surface area contributed by atoms with Crippen molar-refractivity contribution < 1.29 is 18.7 Å². The minimum atomic E-state index is -0.543. The van der Waals surface area contributed by atoms with Crippen molar-refractivity contribution in [3.05, 3.63) is 88.8 Å². The van der Waals surface area contributed by atoms with Gasteiger partial charge in [-0.25, -0.2) is 9.29 Å². The highest BCUT2D eigenvalue weighted by Crippen LogP contribution is 2.37. The molecule has 4 rings (SSSR count). The average Bonchev–Trinajstić information content (AvgIpc) is 3.04. The number of benzene rings is 3. The minimum Gasteiger partial charge on any atom is -0.495 e. The van der Waals surface area contributed by atoms with E-state index in [1.54, 1.807) is 30.3 Å². The first kappa shape index (κ1) is 22.4. The molecule has 0 fully saturated rings. The number of anilines is 3. The number of carbonyl (C=O) groups is 2. The van der Waals surface area contributed by atoms with Gasteiger partial charge in [-0.1, -0.05) is 23.7 Å². The van der Waals surface area contributed by atoms with Crippen molar-refractivity contribution in [2.75, 3.05) is 36.3 Å². The first-order valence-corrected chi connectivity index (χ1v) is 10.4. The lowest BCUT2D eigenvalue weighted by molar-refractivity contribution is -0.120. The summed E-state index contributed by atoms with van der Waals surface area (Å²) in [5.41, 5.74) is 2.34. The van der Waals surface area contributed by atoms with Gasteiger partial charge < -0.3 is 15.0 Å². The highest BCUT2D eigenvalue weighted by molar-refractivity contribution is 6.46. The SMILES string of the molecule is COc1ccc(Cl)cc1NC1=C(c2ccc(F)cc2)C(=O)N(c2ccc(N(C)C)cc2)C1=O. The van der Waals surface area contributed by atoms with Gasteiger partial charge in [-0.15, -0.1) is 0 Å². The van der Waals surface area contributed by atoms with Crippen LogP contribution in [-0.4, -0.2) is 33.0 Å². The van der Waals surface area contributed by atoms with Crippen molar-refractivity contribution in [3.8, 4) is 5.75 Å². The van der Waals surface area contributed by atoms with E-state index in [-0.39, 0.29) is 11.3 Å². The number of carbonyl (C=O) groups excluding carboxylic acids is 2. The third-order valence-corrected chi connectivity index (χ3v) is 5.50. The molecule has 0 aromatic heterocycles. The topological polar surface area (TPSA) is 61.9 Å². The average molecular weight is 466 g/mol. The molecular formula is C25H21ClFN3O3. The Morgan fingerprint density at radius 2 is 1.61 bits per heavy atom. The minimum absolute atomic E-state index is 0.0452.